The highest BCUT2D eigenvalue weighted by molar-refractivity contribution is 7.11. The van der Waals surface area contributed by atoms with E-state index in [0.29, 0.717) is 12.2 Å². The van der Waals surface area contributed by atoms with Crippen LogP contribution in [0, 0.1) is 0 Å². The van der Waals surface area contributed by atoms with E-state index in [2.05, 4.69) is 37.8 Å². The van der Waals surface area contributed by atoms with E-state index in [1.54, 1.807) is 28.0 Å². The van der Waals surface area contributed by atoms with Crippen LogP contribution >= 0.6 is 11.3 Å². The van der Waals surface area contributed by atoms with Gasteiger partial charge in [-0.25, -0.2) is 4.98 Å². The molecule has 2 rings (SSSR count). The number of carbonyl (C=O) groups is 1. The van der Waals surface area contributed by atoms with Crippen molar-refractivity contribution in [3.05, 3.63) is 33.5 Å². The third-order valence-corrected chi connectivity index (χ3v) is 4.66. The van der Waals surface area contributed by atoms with Crippen LogP contribution < -0.4 is 0 Å². The SMILES string of the molecule is CCc1cnc(CN(C)C(=O)c2cc(C(C)(C)C)nn2C)s1. The summed E-state index contributed by atoms with van der Waals surface area (Å²) in [5, 5.41) is 5.43. The number of nitrogens with zero attached hydrogens (tertiary/aromatic N) is 4. The van der Waals surface area contributed by atoms with Gasteiger partial charge in [0.15, 0.2) is 0 Å². The smallest absolute Gasteiger partial charge is 0.272 e. The van der Waals surface area contributed by atoms with Gasteiger partial charge in [0.25, 0.3) is 5.91 Å². The standard InChI is InChI=1S/C16H24N4OS/c1-7-11-9-17-14(22-11)10-19(5)15(21)12-8-13(16(2,3)4)18-20(12)6/h8-9H,7,10H2,1-6H3. The molecular formula is C16H24N4OS. The molecule has 120 valence electrons. The first-order valence-electron chi connectivity index (χ1n) is 7.46. The zero-order chi connectivity index (χ0) is 16.5. The zero-order valence-corrected chi connectivity index (χ0v) is 15.0. The Kier molecular flexibility index (Phi) is 4.70. The van der Waals surface area contributed by atoms with E-state index < -0.39 is 0 Å². The summed E-state index contributed by atoms with van der Waals surface area (Å²) in [6.45, 7) is 8.91. The maximum atomic E-state index is 12.6. The molecule has 0 aromatic carbocycles. The fourth-order valence-corrected chi connectivity index (χ4v) is 3.00. The molecule has 0 atom stereocenters. The van der Waals surface area contributed by atoms with E-state index in [1.807, 2.05) is 19.3 Å². The molecule has 1 amide bonds. The Bertz CT molecular complexity index is 666. The number of rotatable bonds is 4. The summed E-state index contributed by atoms with van der Waals surface area (Å²) in [6, 6.07) is 1.89. The predicted octanol–water partition coefficient (Wildman–Crippen LogP) is 3.01. The minimum atomic E-state index is -0.0692. The summed E-state index contributed by atoms with van der Waals surface area (Å²) in [4.78, 5) is 19.9. The number of amides is 1. The van der Waals surface area contributed by atoms with Gasteiger partial charge in [-0.15, -0.1) is 11.3 Å². The van der Waals surface area contributed by atoms with Crippen molar-refractivity contribution in [1.29, 1.82) is 0 Å². The maximum Gasteiger partial charge on any atom is 0.272 e. The van der Waals surface area contributed by atoms with Crippen LogP contribution in [0.2, 0.25) is 0 Å². The topological polar surface area (TPSA) is 51.0 Å². The molecule has 0 unspecified atom stereocenters. The van der Waals surface area contributed by atoms with E-state index in [0.717, 1.165) is 17.1 Å². The Labute approximate surface area is 136 Å². The molecule has 0 aliphatic heterocycles. The highest BCUT2D eigenvalue weighted by atomic mass is 32.1. The lowest BCUT2D eigenvalue weighted by molar-refractivity contribution is 0.0774. The van der Waals surface area contributed by atoms with Crippen LogP contribution in [0.1, 0.15) is 53.8 Å². The van der Waals surface area contributed by atoms with Gasteiger partial charge in [-0.1, -0.05) is 27.7 Å². The largest absolute Gasteiger partial charge is 0.334 e. The quantitative estimate of drug-likeness (QED) is 0.870. The average molecular weight is 320 g/mol. The Morgan fingerprint density at radius 2 is 2.09 bits per heavy atom. The summed E-state index contributed by atoms with van der Waals surface area (Å²) in [6.07, 6.45) is 2.87. The summed E-state index contributed by atoms with van der Waals surface area (Å²) in [5.41, 5.74) is 1.47. The molecule has 2 aromatic rings. The summed E-state index contributed by atoms with van der Waals surface area (Å²) < 4.78 is 1.67. The van der Waals surface area contributed by atoms with Gasteiger partial charge in [0, 0.05) is 30.6 Å². The maximum absolute atomic E-state index is 12.6. The van der Waals surface area contributed by atoms with Crippen molar-refractivity contribution >= 4 is 17.2 Å². The van der Waals surface area contributed by atoms with E-state index in [4.69, 9.17) is 0 Å². The molecule has 0 radical (unpaired) electrons. The third kappa shape index (κ3) is 3.55. The van der Waals surface area contributed by atoms with Crippen LogP contribution in [-0.4, -0.2) is 32.6 Å². The number of hydrogen-bond donors (Lipinski definition) is 0. The van der Waals surface area contributed by atoms with Crippen LogP contribution in [0.3, 0.4) is 0 Å². The van der Waals surface area contributed by atoms with Gasteiger partial charge in [0.2, 0.25) is 0 Å². The highest BCUT2D eigenvalue weighted by Crippen LogP contribution is 2.22. The number of aromatic nitrogens is 3. The zero-order valence-electron chi connectivity index (χ0n) is 14.2. The van der Waals surface area contributed by atoms with Crippen LogP contribution in [0.15, 0.2) is 12.3 Å². The molecule has 0 saturated carbocycles. The van der Waals surface area contributed by atoms with Crippen LogP contribution in [0.5, 0.6) is 0 Å². The van der Waals surface area contributed by atoms with Gasteiger partial charge >= 0.3 is 0 Å². The van der Waals surface area contributed by atoms with Gasteiger partial charge < -0.3 is 4.90 Å². The molecule has 0 spiro atoms. The molecule has 0 bridgehead atoms. The number of hydrogen-bond acceptors (Lipinski definition) is 4. The molecule has 0 aliphatic rings. The first-order chi connectivity index (χ1) is 10.2. The lowest BCUT2D eigenvalue weighted by atomic mass is 9.92. The van der Waals surface area contributed by atoms with Gasteiger partial charge in [0.05, 0.1) is 12.2 Å². The van der Waals surface area contributed by atoms with Crippen molar-refractivity contribution in [2.45, 2.75) is 46.1 Å². The number of aryl methyl sites for hydroxylation is 2. The molecule has 0 N–H and O–H groups in total. The molecule has 0 fully saturated rings. The Morgan fingerprint density at radius 3 is 2.59 bits per heavy atom. The predicted molar refractivity (Wildman–Crippen MR) is 89.2 cm³/mol. The Balaban J connectivity index is 2.15. The highest BCUT2D eigenvalue weighted by Gasteiger charge is 2.23. The number of thiazole rings is 1. The van der Waals surface area contributed by atoms with Crippen molar-refractivity contribution < 1.29 is 4.79 Å². The molecule has 2 heterocycles. The molecular weight excluding hydrogens is 296 g/mol. The first kappa shape index (κ1) is 16.7. The number of carbonyl (C=O) groups excluding carboxylic acids is 1. The van der Waals surface area contributed by atoms with Crippen molar-refractivity contribution in [2.24, 2.45) is 7.05 Å². The minimum absolute atomic E-state index is 0.0289. The second-order valence-corrected chi connectivity index (χ2v) is 7.72. The Hall–Kier alpha value is -1.69. The molecule has 0 saturated heterocycles. The van der Waals surface area contributed by atoms with E-state index in [1.165, 1.54) is 4.88 Å². The van der Waals surface area contributed by atoms with Gasteiger partial charge in [-0.2, -0.15) is 5.10 Å². The normalized spacial score (nSPS) is 11.7. The first-order valence-corrected chi connectivity index (χ1v) is 8.27. The van der Waals surface area contributed by atoms with Crippen molar-refractivity contribution in [1.82, 2.24) is 19.7 Å². The average Bonchev–Trinajstić information content (AvgIpc) is 3.03. The van der Waals surface area contributed by atoms with Crippen LogP contribution in [0.25, 0.3) is 0 Å². The molecule has 2 aromatic heterocycles. The summed E-state index contributed by atoms with van der Waals surface area (Å²) in [5.74, 6) is -0.0289. The summed E-state index contributed by atoms with van der Waals surface area (Å²) >= 11 is 1.66. The minimum Gasteiger partial charge on any atom is -0.334 e. The molecule has 0 aliphatic carbocycles. The van der Waals surface area contributed by atoms with Crippen molar-refractivity contribution in [3.63, 3.8) is 0 Å². The monoisotopic (exact) mass is 320 g/mol. The van der Waals surface area contributed by atoms with E-state index in [-0.39, 0.29) is 11.3 Å². The van der Waals surface area contributed by atoms with Crippen LogP contribution in [0.4, 0.5) is 0 Å². The van der Waals surface area contributed by atoms with Crippen LogP contribution in [-0.2, 0) is 25.4 Å². The van der Waals surface area contributed by atoms with E-state index >= 15 is 0 Å². The second kappa shape index (κ2) is 6.20. The molecule has 22 heavy (non-hydrogen) atoms. The lowest BCUT2D eigenvalue weighted by Crippen LogP contribution is -2.28. The Morgan fingerprint density at radius 1 is 1.41 bits per heavy atom. The van der Waals surface area contributed by atoms with E-state index in [9.17, 15) is 4.79 Å². The third-order valence-electron chi connectivity index (χ3n) is 3.54. The second-order valence-electron chi connectivity index (χ2n) is 6.52. The summed E-state index contributed by atoms with van der Waals surface area (Å²) in [7, 11) is 3.62. The fourth-order valence-electron chi connectivity index (χ4n) is 2.09. The van der Waals surface area contributed by atoms with Gasteiger partial charge in [0.1, 0.15) is 10.7 Å². The molecule has 5 nitrogen and oxygen atoms in total. The van der Waals surface area contributed by atoms with Crippen molar-refractivity contribution in [2.75, 3.05) is 7.05 Å². The van der Waals surface area contributed by atoms with Gasteiger partial charge in [-0.3, -0.25) is 9.48 Å². The molecule has 6 heteroatoms. The van der Waals surface area contributed by atoms with Gasteiger partial charge in [-0.05, 0) is 12.5 Å². The fraction of sp³-hybridized carbons (Fsp3) is 0.562. The van der Waals surface area contributed by atoms with Crippen molar-refractivity contribution in [3.8, 4) is 0 Å². The lowest BCUT2D eigenvalue weighted by Gasteiger charge is -2.15.